The zero-order valence-corrected chi connectivity index (χ0v) is 16.6. The molecule has 0 N–H and O–H groups in total. The van der Waals surface area contributed by atoms with E-state index in [0.717, 1.165) is 17.0 Å². The number of fused-ring (bicyclic) bond motifs is 1. The Morgan fingerprint density at radius 1 is 1.30 bits per heavy atom. The van der Waals surface area contributed by atoms with Crippen molar-refractivity contribution >= 4 is 33.9 Å². The lowest BCUT2D eigenvalue weighted by molar-refractivity contribution is -0.145. The number of benzene rings is 1. The summed E-state index contributed by atoms with van der Waals surface area (Å²) in [5, 5.41) is 2.55. The molecule has 2 aromatic heterocycles. The number of aromatic nitrogens is 2. The monoisotopic (exact) mass is 406 g/mol. The Morgan fingerprint density at radius 2 is 2.11 bits per heavy atom. The highest BCUT2D eigenvalue weighted by atomic mass is 35.5. The van der Waals surface area contributed by atoms with Crippen molar-refractivity contribution in [1.82, 2.24) is 9.38 Å². The van der Waals surface area contributed by atoms with Crippen LogP contribution in [0.1, 0.15) is 29.8 Å². The van der Waals surface area contributed by atoms with Crippen molar-refractivity contribution < 1.29 is 14.3 Å². The molecule has 0 saturated heterocycles. The molecular weight excluding hydrogens is 388 g/mol. The number of thiazole rings is 1. The van der Waals surface area contributed by atoms with Crippen molar-refractivity contribution in [3.05, 3.63) is 62.0 Å². The number of hydrogen-bond acceptors (Lipinski definition) is 6. The SMILES string of the molecule is Cc1cc(OCCCC(=O)OCc2cc(=O)n3c(C)csc3n2)ccc1Cl. The van der Waals surface area contributed by atoms with Gasteiger partial charge in [-0.3, -0.25) is 14.0 Å². The molecule has 0 bridgehead atoms. The summed E-state index contributed by atoms with van der Waals surface area (Å²) in [6.07, 6.45) is 0.756. The zero-order chi connectivity index (χ0) is 19.4. The highest BCUT2D eigenvalue weighted by Crippen LogP contribution is 2.21. The lowest BCUT2D eigenvalue weighted by atomic mass is 10.2. The number of hydrogen-bond donors (Lipinski definition) is 0. The van der Waals surface area contributed by atoms with Crippen LogP contribution in [0.25, 0.3) is 4.96 Å². The normalized spacial score (nSPS) is 10.9. The van der Waals surface area contributed by atoms with Gasteiger partial charge in [0, 0.05) is 28.6 Å². The lowest BCUT2D eigenvalue weighted by Gasteiger charge is -2.08. The molecule has 0 saturated carbocycles. The van der Waals surface area contributed by atoms with Gasteiger partial charge in [0.05, 0.1) is 12.3 Å². The third-order valence-electron chi connectivity index (χ3n) is 3.93. The van der Waals surface area contributed by atoms with Crippen LogP contribution in [-0.2, 0) is 16.1 Å². The van der Waals surface area contributed by atoms with E-state index in [9.17, 15) is 9.59 Å². The van der Waals surface area contributed by atoms with E-state index < -0.39 is 0 Å². The molecule has 0 fully saturated rings. The van der Waals surface area contributed by atoms with Crippen molar-refractivity contribution in [3.8, 4) is 5.75 Å². The van der Waals surface area contributed by atoms with E-state index in [-0.39, 0.29) is 24.6 Å². The Kier molecular flexibility index (Phi) is 6.13. The Balaban J connectivity index is 1.44. The summed E-state index contributed by atoms with van der Waals surface area (Å²) in [7, 11) is 0. The van der Waals surface area contributed by atoms with E-state index >= 15 is 0 Å². The first-order valence-electron chi connectivity index (χ1n) is 8.45. The molecule has 3 rings (SSSR count). The van der Waals surface area contributed by atoms with Crippen LogP contribution < -0.4 is 10.3 Å². The molecule has 0 radical (unpaired) electrons. The molecular formula is C19H19ClN2O4S. The summed E-state index contributed by atoms with van der Waals surface area (Å²) in [5.41, 5.74) is 2.06. The Morgan fingerprint density at radius 3 is 2.89 bits per heavy atom. The minimum absolute atomic E-state index is 0.0151. The third kappa shape index (κ3) is 4.87. The van der Waals surface area contributed by atoms with Crippen LogP contribution in [0.2, 0.25) is 5.02 Å². The van der Waals surface area contributed by atoms with Gasteiger partial charge in [0.1, 0.15) is 12.4 Å². The number of carbonyl (C=O) groups excluding carboxylic acids is 1. The van der Waals surface area contributed by atoms with Gasteiger partial charge < -0.3 is 9.47 Å². The topological polar surface area (TPSA) is 69.9 Å². The van der Waals surface area contributed by atoms with Crippen LogP contribution in [0.5, 0.6) is 5.75 Å². The Labute approximate surface area is 165 Å². The summed E-state index contributed by atoms with van der Waals surface area (Å²) in [5.74, 6) is 0.365. The maximum atomic E-state index is 12.1. The summed E-state index contributed by atoms with van der Waals surface area (Å²) < 4.78 is 12.3. The molecule has 2 heterocycles. The van der Waals surface area contributed by atoms with Gasteiger partial charge in [0.2, 0.25) is 0 Å². The van der Waals surface area contributed by atoms with Crippen LogP contribution in [-0.4, -0.2) is 22.0 Å². The number of halogens is 1. The summed E-state index contributed by atoms with van der Waals surface area (Å²) >= 11 is 7.35. The molecule has 1 aromatic carbocycles. The number of nitrogens with zero attached hydrogens (tertiary/aromatic N) is 2. The van der Waals surface area contributed by atoms with E-state index in [1.165, 1.54) is 21.8 Å². The van der Waals surface area contributed by atoms with Crippen molar-refractivity contribution in [1.29, 1.82) is 0 Å². The number of esters is 1. The largest absolute Gasteiger partial charge is 0.494 e. The third-order valence-corrected chi connectivity index (χ3v) is 5.30. The number of carbonyl (C=O) groups is 1. The smallest absolute Gasteiger partial charge is 0.306 e. The van der Waals surface area contributed by atoms with Crippen LogP contribution in [0.3, 0.4) is 0 Å². The zero-order valence-electron chi connectivity index (χ0n) is 15.0. The molecule has 27 heavy (non-hydrogen) atoms. The fraction of sp³-hybridized carbons (Fsp3) is 0.316. The molecule has 8 heteroatoms. The van der Waals surface area contributed by atoms with Gasteiger partial charge in [-0.2, -0.15) is 0 Å². The predicted octanol–water partition coefficient (Wildman–Crippen LogP) is 3.93. The Bertz CT molecular complexity index is 1030. The summed E-state index contributed by atoms with van der Waals surface area (Å²) in [4.78, 5) is 28.9. The van der Waals surface area contributed by atoms with Crippen molar-refractivity contribution in [3.63, 3.8) is 0 Å². The summed E-state index contributed by atoms with van der Waals surface area (Å²) in [6, 6.07) is 6.82. The second kappa shape index (κ2) is 8.54. The summed E-state index contributed by atoms with van der Waals surface area (Å²) in [6.45, 7) is 4.13. The van der Waals surface area contributed by atoms with Gasteiger partial charge >= 0.3 is 5.97 Å². The second-order valence-corrected chi connectivity index (χ2v) is 7.35. The molecule has 6 nitrogen and oxygen atoms in total. The van der Waals surface area contributed by atoms with Gasteiger partial charge in [-0.25, -0.2) is 4.98 Å². The van der Waals surface area contributed by atoms with Gasteiger partial charge in [0.15, 0.2) is 4.96 Å². The fourth-order valence-electron chi connectivity index (χ4n) is 2.51. The highest BCUT2D eigenvalue weighted by molar-refractivity contribution is 7.15. The van der Waals surface area contributed by atoms with E-state index in [1.54, 1.807) is 12.1 Å². The van der Waals surface area contributed by atoms with E-state index in [4.69, 9.17) is 21.1 Å². The van der Waals surface area contributed by atoms with Crippen LogP contribution in [0.4, 0.5) is 0 Å². The number of ether oxygens (including phenoxy) is 2. The number of aryl methyl sites for hydroxylation is 2. The van der Waals surface area contributed by atoms with Crippen molar-refractivity contribution in [2.45, 2.75) is 33.3 Å². The van der Waals surface area contributed by atoms with Crippen LogP contribution >= 0.6 is 22.9 Å². The van der Waals surface area contributed by atoms with Crippen molar-refractivity contribution in [2.75, 3.05) is 6.61 Å². The fourth-order valence-corrected chi connectivity index (χ4v) is 3.52. The van der Waals surface area contributed by atoms with Crippen LogP contribution in [0.15, 0.2) is 34.4 Å². The minimum Gasteiger partial charge on any atom is -0.494 e. The van der Waals surface area contributed by atoms with Crippen molar-refractivity contribution in [2.24, 2.45) is 0 Å². The molecule has 0 unspecified atom stereocenters. The van der Waals surface area contributed by atoms with E-state index in [1.807, 2.05) is 25.3 Å². The quantitative estimate of drug-likeness (QED) is 0.439. The van der Waals surface area contributed by atoms with Gasteiger partial charge in [0.25, 0.3) is 5.56 Å². The average Bonchev–Trinajstić information content (AvgIpc) is 3.01. The van der Waals surface area contributed by atoms with Gasteiger partial charge in [-0.1, -0.05) is 11.6 Å². The number of rotatable bonds is 7. The van der Waals surface area contributed by atoms with Gasteiger partial charge in [-0.05, 0) is 44.0 Å². The van der Waals surface area contributed by atoms with E-state index in [2.05, 4.69) is 4.98 Å². The average molecular weight is 407 g/mol. The minimum atomic E-state index is -0.352. The first kappa shape index (κ1) is 19.4. The standard InChI is InChI=1S/C19H19ClN2O4S/c1-12-8-15(5-6-16(12)20)25-7-3-4-18(24)26-10-14-9-17(23)22-13(2)11-27-19(22)21-14/h5-6,8-9,11H,3-4,7,10H2,1-2H3. The van der Waals surface area contributed by atoms with Gasteiger partial charge in [-0.15, -0.1) is 11.3 Å². The predicted molar refractivity (Wildman–Crippen MR) is 105 cm³/mol. The van der Waals surface area contributed by atoms with Crippen LogP contribution in [0, 0.1) is 13.8 Å². The molecule has 0 aliphatic carbocycles. The van der Waals surface area contributed by atoms with E-state index in [0.29, 0.717) is 28.7 Å². The lowest BCUT2D eigenvalue weighted by Crippen LogP contribution is -2.16. The highest BCUT2D eigenvalue weighted by Gasteiger charge is 2.09. The molecule has 0 atom stereocenters. The molecule has 0 amide bonds. The Hall–Kier alpha value is -2.38. The first-order valence-corrected chi connectivity index (χ1v) is 9.71. The maximum absolute atomic E-state index is 12.1. The molecule has 142 valence electrons. The maximum Gasteiger partial charge on any atom is 0.306 e. The second-order valence-electron chi connectivity index (χ2n) is 6.10. The molecule has 0 aliphatic rings. The molecule has 0 aliphatic heterocycles. The molecule has 0 spiro atoms. The first-order chi connectivity index (χ1) is 12.9. The molecule has 3 aromatic rings.